The Morgan fingerprint density at radius 2 is 1.90 bits per heavy atom. The Bertz CT molecular complexity index is 439. The van der Waals surface area contributed by atoms with Crippen LogP contribution in [0, 0.1) is 5.92 Å². The van der Waals surface area contributed by atoms with Crippen LogP contribution in [0.5, 0.6) is 11.5 Å². The number of ether oxygens (including phenoxy) is 2. The number of carbonyl (C=O) groups excluding carboxylic acids is 1. The maximum Gasteiger partial charge on any atom is 0.260 e. The lowest BCUT2D eigenvalue weighted by atomic mass is 10.1. The Balaban J connectivity index is 0.00000220. The highest BCUT2D eigenvalue weighted by molar-refractivity contribution is 5.85. The zero-order valence-corrected chi connectivity index (χ0v) is 13.1. The highest BCUT2D eigenvalue weighted by Gasteiger charge is 2.25. The summed E-state index contributed by atoms with van der Waals surface area (Å²) in [6, 6.07) is 7.29. The van der Waals surface area contributed by atoms with Crippen molar-refractivity contribution in [3.63, 3.8) is 0 Å². The van der Waals surface area contributed by atoms with Crippen LogP contribution in [0.2, 0.25) is 0 Å². The van der Waals surface area contributed by atoms with Gasteiger partial charge < -0.3 is 20.1 Å². The summed E-state index contributed by atoms with van der Waals surface area (Å²) in [5.74, 6) is 1.94. The van der Waals surface area contributed by atoms with E-state index in [2.05, 4.69) is 0 Å². The number of nitrogens with zero attached hydrogens (tertiary/aromatic N) is 1. The van der Waals surface area contributed by atoms with Crippen molar-refractivity contribution >= 4 is 18.3 Å². The maximum absolute atomic E-state index is 12.0. The fraction of sp³-hybridized carbons (Fsp3) is 0.533. The first-order valence-corrected chi connectivity index (χ1v) is 7.06. The molecule has 2 rings (SSSR count). The minimum absolute atomic E-state index is 0. The summed E-state index contributed by atoms with van der Waals surface area (Å²) < 4.78 is 10.9. The summed E-state index contributed by atoms with van der Waals surface area (Å²) in [5, 5.41) is 0. The molecule has 1 fully saturated rings. The topological polar surface area (TPSA) is 64.8 Å². The molecule has 1 unspecified atom stereocenters. The number of halogens is 1. The van der Waals surface area contributed by atoms with E-state index in [1.54, 1.807) is 0 Å². The molecule has 1 atom stereocenters. The van der Waals surface area contributed by atoms with Crippen LogP contribution in [0.1, 0.15) is 13.3 Å². The molecule has 1 aliphatic rings. The first-order chi connectivity index (χ1) is 9.72. The molecule has 0 spiro atoms. The highest BCUT2D eigenvalue weighted by Crippen LogP contribution is 2.18. The SMILES string of the molecule is CCOc1ccc(OCC(=O)N2CCC(CN)C2)cc1.Cl. The Labute approximate surface area is 131 Å². The second kappa shape index (κ2) is 8.74. The zero-order valence-electron chi connectivity index (χ0n) is 12.3. The molecule has 1 saturated heterocycles. The molecule has 21 heavy (non-hydrogen) atoms. The zero-order chi connectivity index (χ0) is 14.4. The van der Waals surface area contributed by atoms with Gasteiger partial charge in [0, 0.05) is 13.1 Å². The van der Waals surface area contributed by atoms with Gasteiger partial charge in [-0.3, -0.25) is 4.79 Å². The van der Waals surface area contributed by atoms with Gasteiger partial charge in [0.25, 0.3) is 5.91 Å². The molecule has 0 aromatic heterocycles. The number of amides is 1. The summed E-state index contributed by atoms with van der Waals surface area (Å²) >= 11 is 0. The van der Waals surface area contributed by atoms with Gasteiger partial charge in [0.05, 0.1) is 6.61 Å². The largest absolute Gasteiger partial charge is 0.494 e. The van der Waals surface area contributed by atoms with Crippen LogP contribution in [0.3, 0.4) is 0 Å². The van der Waals surface area contributed by atoms with Gasteiger partial charge >= 0.3 is 0 Å². The lowest BCUT2D eigenvalue weighted by molar-refractivity contribution is -0.132. The summed E-state index contributed by atoms with van der Waals surface area (Å²) in [7, 11) is 0. The lowest BCUT2D eigenvalue weighted by Crippen LogP contribution is -2.33. The van der Waals surface area contributed by atoms with Crippen molar-refractivity contribution in [3.05, 3.63) is 24.3 Å². The van der Waals surface area contributed by atoms with Crippen LogP contribution in [-0.2, 0) is 4.79 Å². The molecule has 1 heterocycles. The number of benzene rings is 1. The molecule has 1 aromatic rings. The third kappa shape index (κ3) is 5.10. The number of nitrogens with two attached hydrogens (primary N) is 1. The van der Waals surface area contributed by atoms with E-state index >= 15 is 0 Å². The van der Waals surface area contributed by atoms with Crippen LogP contribution in [0.4, 0.5) is 0 Å². The molecule has 1 aliphatic heterocycles. The predicted molar refractivity (Wildman–Crippen MR) is 84.1 cm³/mol. The smallest absolute Gasteiger partial charge is 0.260 e. The second-order valence-electron chi connectivity index (χ2n) is 4.92. The average molecular weight is 315 g/mol. The molecular formula is C15H23ClN2O3. The maximum atomic E-state index is 12.0. The van der Waals surface area contributed by atoms with Gasteiger partial charge in [-0.05, 0) is 50.1 Å². The Hall–Kier alpha value is -1.46. The fourth-order valence-electron chi connectivity index (χ4n) is 2.29. The van der Waals surface area contributed by atoms with E-state index in [9.17, 15) is 4.79 Å². The average Bonchev–Trinajstić information content (AvgIpc) is 2.95. The van der Waals surface area contributed by atoms with E-state index in [0.717, 1.165) is 25.3 Å². The first kappa shape index (κ1) is 17.6. The standard InChI is InChI=1S/C15H22N2O3.ClH/c1-2-19-13-3-5-14(6-4-13)20-11-15(18)17-8-7-12(9-16)10-17;/h3-6,12H,2,7-11,16H2,1H3;1H. The van der Waals surface area contributed by atoms with Crippen LogP contribution in [0.25, 0.3) is 0 Å². The summed E-state index contributed by atoms with van der Waals surface area (Å²) in [4.78, 5) is 13.8. The van der Waals surface area contributed by atoms with Gasteiger partial charge in [-0.15, -0.1) is 12.4 Å². The van der Waals surface area contributed by atoms with Crippen molar-refractivity contribution in [1.82, 2.24) is 4.90 Å². The number of hydrogen-bond donors (Lipinski definition) is 1. The summed E-state index contributed by atoms with van der Waals surface area (Å²) in [5.41, 5.74) is 5.62. The molecule has 0 bridgehead atoms. The van der Waals surface area contributed by atoms with Gasteiger partial charge in [0.2, 0.25) is 0 Å². The van der Waals surface area contributed by atoms with Crippen LogP contribution >= 0.6 is 12.4 Å². The van der Waals surface area contributed by atoms with E-state index in [4.69, 9.17) is 15.2 Å². The molecule has 118 valence electrons. The van der Waals surface area contributed by atoms with E-state index in [0.29, 0.717) is 24.8 Å². The van der Waals surface area contributed by atoms with Gasteiger partial charge in [-0.2, -0.15) is 0 Å². The van der Waals surface area contributed by atoms with E-state index in [1.807, 2.05) is 36.1 Å². The minimum atomic E-state index is 0. The van der Waals surface area contributed by atoms with Gasteiger partial charge in [-0.25, -0.2) is 0 Å². The Morgan fingerprint density at radius 3 is 2.43 bits per heavy atom. The van der Waals surface area contributed by atoms with Gasteiger partial charge in [-0.1, -0.05) is 0 Å². The molecule has 0 saturated carbocycles. The van der Waals surface area contributed by atoms with Crippen LogP contribution in [0.15, 0.2) is 24.3 Å². The third-order valence-corrected chi connectivity index (χ3v) is 3.47. The van der Waals surface area contributed by atoms with Crippen molar-refractivity contribution in [2.24, 2.45) is 11.7 Å². The number of hydrogen-bond acceptors (Lipinski definition) is 4. The van der Waals surface area contributed by atoms with E-state index < -0.39 is 0 Å². The molecule has 1 aromatic carbocycles. The van der Waals surface area contributed by atoms with Crippen LogP contribution in [-0.4, -0.2) is 43.7 Å². The molecule has 1 amide bonds. The summed E-state index contributed by atoms with van der Waals surface area (Å²) in [6.45, 7) is 4.83. The monoisotopic (exact) mass is 314 g/mol. The van der Waals surface area contributed by atoms with Crippen molar-refractivity contribution in [2.75, 3.05) is 32.8 Å². The lowest BCUT2D eigenvalue weighted by Gasteiger charge is -2.16. The van der Waals surface area contributed by atoms with Crippen molar-refractivity contribution in [1.29, 1.82) is 0 Å². The number of likely N-dealkylation sites (tertiary alicyclic amines) is 1. The van der Waals surface area contributed by atoms with E-state index in [-0.39, 0.29) is 24.9 Å². The molecule has 0 aliphatic carbocycles. The van der Waals surface area contributed by atoms with Gasteiger partial charge in [0.15, 0.2) is 6.61 Å². The van der Waals surface area contributed by atoms with Crippen molar-refractivity contribution < 1.29 is 14.3 Å². The normalized spacial score (nSPS) is 17.2. The third-order valence-electron chi connectivity index (χ3n) is 3.47. The quantitative estimate of drug-likeness (QED) is 0.868. The summed E-state index contributed by atoms with van der Waals surface area (Å²) in [6.07, 6.45) is 0.991. The molecular weight excluding hydrogens is 292 g/mol. The highest BCUT2D eigenvalue weighted by atomic mass is 35.5. The van der Waals surface area contributed by atoms with Crippen molar-refractivity contribution in [2.45, 2.75) is 13.3 Å². The fourth-order valence-corrected chi connectivity index (χ4v) is 2.29. The minimum Gasteiger partial charge on any atom is -0.494 e. The Morgan fingerprint density at radius 1 is 1.29 bits per heavy atom. The Kier molecular flexibility index (Phi) is 7.32. The van der Waals surface area contributed by atoms with E-state index in [1.165, 1.54) is 0 Å². The molecule has 5 nitrogen and oxygen atoms in total. The number of rotatable bonds is 6. The van der Waals surface area contributed by atoms with Crippen LogP contribution < -0.4 is 15.2 Å². The van der Waals surface area contributed by atoms with Gasteiger partial charge in [0.1, 0.15) is 11.5 Å². The number of carbonyl (C=O) groups is 1. The first-order valence-electron chi connectivity index (χ1n) is 7.06. The molecule has 6 heteroatoms. The van der Waals surface area contributed by atoms with Crippen molar-refractivity contribution in [3.8, 4) is 11.5 Å². The molecule has 0 radical (unpaired) electrons. The molecule has 2 N–H and O–H groups in total. The second-order valence-corrected chi connectivity index (χ2v) is 4.92. The predicted octanol–water partition coefficient (Wildman–Crippen LogP) is 1.69.